The third-order valence-corrected chi connectivity index (χ3v) is 6.61. The van der Waals surface area contributed by atoms with Crippen LogP contribution in [0, 0.1) is 0 Å². The first-order valence-corrected chi connectivity index (χ1v) is 10.4. The maximum absolute atomic E-state index is 12.4. The van der Waals surface area contributed by atoms with E-state index in [1.165, 1.54) is 7.11 Å². The molecule has 3 rings (SSSR count). The summed E-state index contributed by atoms with van der Waals surface area (Å²) in [6, 6.07) is 12.4. The Hall–Kier alpha value is -2.12. The number of benzene rings is 1. The summed E-state index contributed by atoms with van der Waals surface area (Å²) in [7, 11) is -1.86. The maximum Gasteiger partial charge on any atom is 0.354 e. The van der Waals surface area contributed by atoms with Gasteiger partial charge in [0.2, 0.25) is 0 Å². The average molecular weight is 376 g/mol. The Balaban J connectivity index is 1.55. The number of rotatable bonds is 6. The fraction of sp³-hybridized carbons (Fsp3) is 0.421. The number of piperidine rings is 1. The average Bonchev–Trinajstić information content (AvgIpc) is 3.17. The SMILES string of the molecule is COC(=O)c1cccn1C1CCN(CCS(=O)(=O)c2ccccc2)CC1. The molecule has 1 aromatic heterocycles. The van der Waals surface area contributed by atoms with E-state index >= 15 is 0 Å². The van der Waals surface area contributed by atoms with E-state index in [9.17, 15) is 13.2 Å². The Morgan fingerprint density at radius 2 is 1.81 bits per heavy atom. The van der Waals surface area contributed by atoms with Gasteiger partial charge in [0.1, 0.15) is 5.69 Å². The van der Waals surface area contributed by atoms with E-state index in [4.69, 9.17) is 4.74 Å². The lowest BCUT2D eigenvalue weighted by molar-refractivity contribution is 0.0582. The number of ether oxygens (including phenoxy) is 1. The number of methoxy groups -OCH3 is 1. The molecule has 0 amide bonds. The Morgan fingerprint density at radius 3 is 2.46 bits per heavy atom. The summed E-state index contributed by atoms with van der Waals surface area (Å²) in [5, 5.41) is 0. The van der Waals surface area contributed by atoms with E-state index in [-0.39, 0.29) is 17.8 Å². The van der Waals surface area contributed by atoms with Crippen molar-refractivity contribution in [2.75, 3.05) is 32.5 Å². The van der Waals surface area contributed by atoms with Crippen LogP contribution in [0.2, 0.25) is 0 Å². The van der Waals surface area contributed by atoms with Crippen LogP contribution in [-0.4, -0.2) is 56.4 Å². The summed E-state index contributed by atoms with van der Waals surface area (Å²) < 4.78 is 31.6. The summed E-state index contributed by atoms with van der Waals surface area (Å²) in [4.78, 5) is 14.4. The number of aromatic nitrogens is 1. The number of sulfone groups is 1. The number of likely N-dealkylation sites (tertiary alicyclic amines) is 1. The van der Waals surface area contributed by atoms with E-state index in [0.717, 1.165) is 25.9 Å². The highest BCUT2D eigenvalue weighted by Gasteiger charge is 2.25. The summed E-state index contributed by atoms with van der Waals surface area (Å²) in [5.74, 6) is -0.204. The molecule has 7 heteroatoms. The highest BCUT2D eigenvalue weighted by atomic mass is 32.2. The van der Waals surface area contributed by atoms with Gasteiger partial charge in [0, 0.05) is 31.9 Å². The zero-order valence-corrected chi connectivity index (χ0v) is 15.7. The van der Waals surface area contributed by atoms with Gasteiger partial charge in [-0.3, -0.25) is 0 Å². The lowest BCUT2D eigenvalue weighted by Crippen LogP contribution is -2.38. The van der Waals surface area contributed by atoms with Gasteiger partial charge in [-0.05, 0) is 37.1 Å². The standard InChI is InChI=1S/C19H24N2O4S/c1-25-19(22)18-8-5-11-21(18)16-9-12-20(13-10-16)14-15-26(23,24)17-6-3-2-4-7-17/h2-8,11,16H,9-10,12-15H2,1H3. The van der Waals surface area contributed by atoms with Gasteiger partial charge in [-0.2, -0.15) is 0 Å². The van der Waals surface area contributed by atoms with E-state index < -0.39 is 9.84 Å². The number of hydrogen-bond acceptors (Lipinski definition) is 5. The Bertz CT molecular complexity index is 837. The molecule has 0 aliphatic carbocycles. The van der Waals surface area contributed by atoms with Gasteiger partial charge >= 0.3 is 5.97 Å². The minimum absolute atomic E-state index is 0.124. The minimum Gasteiger partial charge on any atom is -0.464 e. The summed E-state index contributed by atoms with van der Waals surface area (Å²) in [5.41, 5.74) is 0.567. The van der Waals surface area contributed by atoms with Crippen molar-refractivity contribution in [1.29, 1.82) is 0 Å². The second kappa shape index (κ2) is 8.05. The van der Waals surface area contributed by atoms with Gasteiger partial charge in [-0.1, -0.05) is 18.2 Å². The Kier molecular flexibility index (Phi) is 5.78. The van der Waals surface area contributed by atoms with Crippen molar-refractivity contribution in [3.05, 3.63) is 54.4 Å². The monoisotopic (exact) mass is 376 g/mol. The Labute approximate surface area is 154 Å². The molecule has 0 saturated carbocycles. The first-order valence-electron chi connectivity index (χ1n) is 8.76. The quantitative estimate of drug-likeness (QED) is 0.724. The topological polar surface area (TPSA) is 68.6 Å². The van der Waals surface area contributed by atoms with Crippen molar-refractivity contribution in [1.82, 2.24) is 9.47 Å². The molecular weight excluding hydrogens is 352 g/mol. The number of hydrogen-bond donors (Lipinski definition) is 0. The maximum atomic E-state index is 12.4. The molecule has 0 radical (unpaired) electrons. The molecule has 2 heterocycles. The molecule has 0 spiro atoms. The lowest BCUT2D eigenvalue weighted by atomic mass is 10.0. The normalized spacial score (nSPS) is 16.5. The van der Waals surface area contributed by atoms with E-state index in [1.807, 2.05) is 22.9 Å². The van der Waals surface area contributed by atoms with Crippen LogP contribution >= 0.6 is 0 Å². The highest BCUT2D eigenvalue weighted by Crippen LogP contribution is 2.25. The summed E-state index contributed by atoms with van der Waals surface area (Å²) in [6.45, 7) is 2.15. The van der Waals surface area contributed by atoms with Gasteiger partial charge in [0.25, 0.3) is 0 Å². The molecule has 26 heavy (non-hydrogen) atoms. The van der Waals surface area contributed by atoms with Crippen molar-refractivity contribution in [2.45, 2.75) is 23.8 Å². The van der Waals surface area contributed by atoms with E-state index in [1.54, 1.807) is 30.3 Å². The highest BCUT2D eigenvalue weighted by molar-refractivity contribution is 7.91. The molecule has 1 aliphatic rings. The Morgan fingerprint density at radius 1 is 1.12 bits per heavy atom. The zero-order chi connectivity index (χ0) is 18.6. The first-order chi connectivity index (χ1) is 12.5. The predicted molar refractivity (Wildman–Crippen MR) is 99.0 cm³/mol. The molecular formula is C19H24N2O4S. The molecule has 0 N–H and O–H groups in total. The molecule has 1 fully saturated rings. The summed E-state index contributed by atoms with van der Waals surface area (Å²) >= 11 is 0. The summed E-state index contributed by atoms with van der Waals surface area (Å²) in [6.07, 6.45) is 3.67. The number of nitrogens with zero attached hydrogens (tertiary/aromatic N) is 2. The molecule has 0 atom stereocenters. The lowest BCUT2D eigenvalue weighted by Gasteiger charge is -2.33. The van der Waals surface area contributed by atoms with Crippen LogP contribution in [0.5, 0.6) is 0 Å². The molecule has 2 aromatic rings. The fourth-order valence-electron chi connectivity index (χ4n) is 3.41. The largest absolute Gasteiger partial charge is 0.464 e. The second-order valence-electron chi connectivity index (χ2n) is 6.50. The third kappa shape index (κ3) is 4.16. The van der Waals surface area contributed by atoms with Crippen molar-refractivity contribution < 1.29 is 17.9 Å². The van der Waals surface area contributed by atoms with Gasteiger partial charge in [0.15, 0.2) is 9.84 Å². The molecule has 0 bridgehead atoms. The van der Waals surface area contributed by atoms with Gasteiger partial charge < -0.3 is 14.2 Å². The minimum atomic E-state index is -3.25. The zero-order valence-electron chi connectivity index (χ0n) is 14.9. The van der Waals surface area contributed by atoms with Crippen molar-refractivity contribution >= 4 is 15.8 Å². The van der Waals surface area contributed by atoms with Crippen LogP contribution in [0.1, 0.15) is 29.4 Å². The van der Waals surface area contributed by atoms with Crippen molar-refractivity contribution in [3.8, 4) is 0 Å². The second-order valence-corrected chi connectivity index (χ2v) is 8.61. The van der Waals surface area contributed by atoms with Crippen LogP contribution in [0.15, 0.2) is 53.6 Å². The number of carbonyl (C=O) groups excluding carboxylic acids is 1. The molecule has 1 aromatic carbocycles. The van der Waals surface area contributed by atoms with Gasteiger partial charge in [-0.15, -0.1) is 0 Å². The molecule has 1 saturated heterocycles. The number of carbonyl (C=O) groups is 1. The third-order valence-electron chi connectivity index (χ3n) is 4.90. The molecule has 6 nitrogen and oxygen atoms in total. The predicted octanol–water partition coefficient (Wildman–Crippen LogP) is 2.39. The van der Waals surface area contributed by atoms with Gasteiger partial charge in [0.05, 0.1) is 17.8 Å². The van der Waals surface area contributed by atoms with Crippen LogP contribution < -0.4 is 0 Å². The van der Waals surface area contributed by atoms with E-state index in [2.05, 4.69) is 4.90 Å². The van der Waals surface area contributed by atoms with Crippen LogP contribution in [0.4, 0.5) is 0 Å². The number of esters is 1. The van der Waals surface area contributed by atoms with Crippen LogP contribution in [-0.2, 0) is 14.6 Å². The smallest absolute Gasteiger partial charge is 0.354 e. The molecule has 140 valence electrons. The fourth-order valence-corrected chi connectivity index (χ4v) is 4.71. The first kappa shape index (κ1) is 18.7. The van der Waals surface area contributed by atoms with Crippen molar-refractivity contribution in [2.24, 2.45) is 0 Å². The van der Waals surface area contributed by atoms with Crippen molar-refractivity contribution in [3.63, 3.8) is 0 Å². The molecule has 0 unspecified atom stereocenters. The van der Waals surface area contributed by atoms with E-state index in [0.29, 0.717) is 17.1 Å². The van der Waals surface area contributed by atoms with Crippen LogP contribution in [0.25, 0.3) is 0 Å². The molecule has 1 aliphatic heterocycles. The van der Waals surface area contributed by atoms with Crippen LogP contribution in [0.3, 0.4) is 0 Å². The van der Waals surface area contributed by atoms with Gasteiger partial charge in [-0.25, -0.2) is 13.2 Å².